The van der Waals surface area contributed by atoms with Gasteiger partial charge in [-0.2, -0.15) is 0 Å². The molecule has 0 radical (unpaired) electrons. The molecule has 1 atom stereocenters. The van der Waals surface area contributed by atoms with Crippen LogP contribution in [0.25, 0.3) is 0 Å². The summed E-state index contributed by atoms with van der Waals surface area (Å²) >= 11 is 0. The van der Waals surface area contributed by atoms with Crippen LogP contribution in [0.5, 0.6) is 0 Å². The number of hydrogen-bond donors (Lipinski definition) is 0. The maximum Gasteiger partial charge on any atom is 0.306 e. The molecule has 0 aliphatic heterocycles. The lowest BCUT2D eigenvalue weighted by molar-refractivity contribution is -0.167. The van der Waals surface area contributed by atoms with Crippen molar-refractivity contribution in [2.75, 3.05) is 13.2 Å². The first-order valence-electron chi connectivity index (χ1n) is 26.6. The molecular weight excluding hydrogens is 769 g/mol. The minimum Gasteiger partial charge on any atom is -0.462 e. The van der Waals surface area contributed by atoms with E-state index in [9.17, 15) is 14.4 Å². The summed E-state index contributed by atoms with van der Waals surface area (Å²) in [6.45, 7) is 6.46. The van der Waals surface area contributed by atoms with Crippen molar-refractivity contribution in [2.45, 2.75) is 277 Å². The van der Waals surface area contributed by atoms with Gasteiger partial charge in [0.1, 0.15) is 13.2 Å². The number of allylic oxidation sites excluding steroid dienone is 8. The Balaban J connectivity index is 4.14. The Hall–Kier alpha value is -2.63. The van der Waals surface area contributed by atoms with E-state index in [4.69, 9.17) is 14.2 Å². The maximum absolute atomic E-state index is 12.7. The molecule has 62 heavy (non-hydrogen) atoms. The summed E-state index contributed by atoms with van der Waals surface area (Å²) in [7, 11) is 0. The first kappa shape index (κ1) is 59.4. The Kier molecular flexibility index (Phi) is 48.8. The Morgan fingerprint density at radius 1 is 0.339 bits per heavy atom. The summed E-state index contributed by atoms with van der Waals surface area (Å²) in [6, 6.07) is 0. The van der Waals surface area contributed by atoms with Crippen molar-refractivity contribution in [2.24, 2.45) is 0 Å². The van der Waals surface area contributed by atoms with Crippen LogP contribution in [-0.2, 0) is 28.6 Å². The molecule has 0 N–H and O–H groups in total. The summed E-state index contributed by atoms with van der Waals surface area (Å²) in [5.41, 5.74) is 0. The molecule has 0 saturated carbocycles. The fourth-order valence-corrected chi connectivity index (χ4v) is 7.61. The standard InChI is InChI=1S/C56H100O6/c1-4-7-10-13-15-17-19-21-23-25-27-29-30-32-34-36-38-40-43-46-49-55(58)61-52-53(51-60-54(57)48-45-42-12-9-6-3)62-56(59)50-47-44-41-39-37-35-33-31-28-26-24-22-20-18-16-14-11-8-5-2/h8,11,16,18,22,24,28,31,53H,4-7,9-10,12-15,17,19-21,23,25-27,29-30,32-52H2,1-3H3/b11-8-,18-16-,24-22-,31-28-. The largest absolute Gasteiger partial charge is 0.462 e. The Labute approximate surface area is 384 Å². The van der Waals surface area contributed by atoms with Crippen molar-refractivity contribution in [1.29, 1.82) is 0 Å². The number of rotatable bonds is 48. The van der Waals surface area contributed by atoms with Gasteiger partial charge in [-0.25, -0.2) is 0 Å². The highest BCUT2D eigenvalue weighted by Crippen LogP contribution is 2.16. The van der Waals surface area contributed by atoms with Crippen LogP contribution in [-0.4, -0.2) is 37.2 Å². The van der Waals surface area contributed by atoms with E-state index in [1.807, 2.05) is 0 Å². The van der Waals surface area contributed by atoms with Crippen LogP contribution in [0.4, 0.5) is 0 Å². The fraction of sp³-hybridized carbons (Fsp3) is 0.804. The minimum absolute atomic E-state index is 0.0766. The monoisotopic (exact) mass is 869 g/mol. The van der Waals surface area contributed by atoms with E-state index in [0.29, 0.717) is 19.3 Å². The van der Waals surface area contributed by atoms with Crippen molar-refractivity contribution in [3.05, 3.63) is 48.6 Å². The number of unbranched alkanes of at least 4 members (excludes halogenated alkanes) is 29. The number of carbonyl (C=O) groups is 3. The van der Waals surface area contributed by atoms with Gasteiger partial charge in [-0.15, -0.1) is 0 Å². The molecule has 0 heterocycles. The topological polar surface area (TPSA) is 78.9 Å². The second-order valence-electron chi connectivity index (χ2n) is 17.8. The number of esters is 3. The highest BCUT2D eigenvalue weighted by atomic mass is 16.6. The third-order valence-electron chi connectivity index (χ3n) is 11.6. The Morgan fingerprint density at radius 3 is 0.984 bits per heavy atom. The molecule has 0 spiro atoms. The molecule has 0 saturated heterocycles. The smallest absolute Gasteiger partial charge is 0.306 e. The van der Waals surface area contributed by atoms with Crippen molar-refractivity contribution < 1.29 is 28.6 Å². The molecule has 0 aliphatic rings. The van der Waals surface area contributed by atoms with Crippen molar-refractivity contribution in [3.63, 3.8) is 0 Å². The predicted octanol–water partition coefficient (Wildman–Crippen LogP) is 17.5. The molecule has 0 rings (SSSR count). The SMILES string of the molecule is CC/C=C\C/C=C\C/C=C\C/C=C\CCCCCCCCC(=O)OC(COC(=O)CCCCCCC)COC(=O)CCCCCCCCCCCCCCCCCCCCCC. The third-order valence-corrected chi connectivity index (χ3v) is 11.6. The molecule has 0 aromatic rings. The molecule has 360 valence electrons. The van der Waals surface area contributed by atoms with Crippen LogP contribution in [0.3, 0.4) is 0 Å². The Bertz CT molecular complexity index is 1090. The first-order chi connectivity index (χ1) is 30.5. The molecule has 0 amide bonds. The molecule has 0 aromatic heterocycles. The lowest BCUT2D eigenvalue weighted by atomic mass is 10.0. The molecule has 0 aliphatic carbocycles. The van der Waals surface area contributed by atoms with E-state index >= 15 is 0 Å². The Morgan fingerprint density at radius 2 is 0.629 bits per heavy atom. The van der Waals surface area contributed by atoms with E-state index in [1.165, 1.54) is 128 Å². The second-order valence-corrected chi connectivity index (χ2v) is 17.8. The molecule has 0 fully saturated rings. The average molecular weight is 869 g/mol. The van der Waals surface area contributed by atoms with Gasteiger partial charge >= 0.3 is 17.9 Å². The van der Waals surface area contributed by atoms with Crippen LogP contribution >= 0.6 is 0 Å². The van der Waals surface area contributed by atoms with Gasteiger partial charge < -0.3 is 14.2 Å². The van der Waals surface area contributed by atoms with Gasteiger partial charge in [0, 0.05) is 19.3 Å². The molecular formula is C56H100O6. The molecule has 6 nitrogen and oxygen atoms in total. The lowest BCUT2D eigenvalue weighted by Crippen LogP contribution is -2.30. The normalized spacial score (nSPS) is 12.4. The zero-order valence-electron chi connectivity index (χ0n) is 41.1. The molecule has 6 heteroatoms. The summed E-state index contributed by atoms with van der Waals surface area (Å²) in [4.78, 5) is 37.7. The number of ether oxygens (including phenoxy) is 3. The average Bonchev–Trinajstić information content (AvgIpc) is 3.27. The van der Waals surface area contributed by atoms with Crippen molar-refractivity contribution in [1.82, 2.24) is 0 Å². The van der Waals surface area contributed by atoms with E-state index in [-0.39, 0.29) is 31.1 Å². The predicted molar refractivity (Wildman–Crippen MR) is 265 cm³/mol. The highest BCUT2D eigenvalue weighted by Gasteiger charge is 2.19. The summed E-state index contributed by atoms with van der Waals surface area (Å²) in [6.07, 6.45) is 61.4. The first-order valence-corrected chi connectivity index (χ1v) is 26.6. The van der Waals surface area contributed by atoms with Crippen LogP contribution in [0.2, 0.25) is 0 Å². The molecule has 0 aromatic carbocycles. The van der Waals surface area contributed by atoms with Gasteiger partial charge in [0.25, 0.3) is 0 Å². The van der Waals surface area contributed by atoms with E-state index < -0.39 is 6.10 Å². The molecule has 1 unspecified atom stereocenters. The van der Waals surface area contributed by atoms with E-state index in [2.05, 4.69) is 69.4 Å². The summed E-state index contributed by atoms with van der Waals surface area (Å²) < 4.78 is 16.7. The van der Waals surface area contributed by atoms with Crippen molar-refractivity contribution in [3.8, 4) is 0 Å². The van der Waals surface area contributed by atoms with Crippen LogP contribution in [0.1, 0.15) is 271 Å². The van der Waals surface area contributed by atoms with Gasteiger partial charge in [0.2, 0.25) is 0 Å². The third kappa shape index (κ3) is 48.4. The second kappa shape index (κ2) is 51.0. The quantitative estimate of drug-likeness (QED) is 0.0262. The lowest BCUT2D eigenvalue weighted by Gasteiger charge is -2.18. The minimum atomic E-state index is -0.774. The van der Waals surface area contributed by atoms with Crippen molar-refractivity contribution >= 4 is 17.9 Å². The van der Waals surface area contributed by atoms with Gasteiger partial charge in [-0.3, -0.25) is 14.4 Å². The highest BCUT2D eigenvalue weighted by molar-refractivity contribution is 5.71. The zero-order chi connectivity index (χ0) is 45.1. The van der Waals surface area contributed by atoms with Gasteiger partial charge in [-0.05, 0) is 57.8 Å². The van der Waals surface area contributed by atoms with E-state index in [1.54, 1.807) is 0 Å². The van der Waals surface area contributed by atoms with Crippen LogP contribution in [0, 0.1) is 0 Å². The summed E-state index contributed by atoms with van der Waals surface area (Å²) in [5, 5.41) is 0. The maximum atomic E-state index is 12.7. The van der Waals surface area contributed by atoms with Gasteiger partial charge in [0.15, 0.2) is 6.10 Å². The van der Waals surface area contributed by atoms with E-state index in [0.717, 1.165) is 103 Å². The molecule has 0 bridgehead atoms. The van der Waals surface area contributed by atoms with Gasteiger partial charge in [-0.1, -0.05) is 243 Å². The fourth-order valence-electron chi connectivity index (χ4n) is 7.61. The number of carbonyl (C=O) groups excluding carboxylic acids is 3. The van der Waals surface area contributed by atoms with Gasteiger partial charge in [0.05, 0.1) is 0 Å². The van der Waals surface area contributed by atoms with Crippen LogP contribution in [0.15, 0.2) is 48.6 Å². The summed E-state index contributed by atoms with van der Waals surface area (Å²) in [5.74, 6) is -0.895. The number of hydrogen-bond acceptors (Lipinski definition) is 6. The van der Waals surface area contributed by atoms with Crippen LogP contribution < -0.4 is 0 Å². The zero-order valence-corrected chi connectivity index (χ0v) is 41.1.